The van der Waals surface area contributed by atoms with E-state index in [2.05, 4.69) is 19.2 Å². The van der Waals surface area contributed by atoms with E-state index in [4.69, 9.17) is 0 Å². The van der Waals surface area contributed by atoms with Gasteiger partial charge in [-0.25, -0.2) is 0 Å². The van der Waals surface area contributed by atoms with Crippen LogP contribution in [0.2, 0.25) is 0 Å². The van der Waals surface area contributed by atoms with Crippen molar-refractivity contribution in [3.8, 4) is 0 Å². The predicted molar refractivity (Wildman–Crippen MR) is 80.3 cm³/mol. The molecule has 0 aromatic rings. The first-order chi connectivity index (χ1) is 8.34. The average Bonchev–Trinajstić information content (AvgIpc) is 2.25. The van der Waals surface area contributed by atoms with Crippen molar-refractivity contribution in [1.29, 1.82) is 0 Å². The molecular weight excluding hydrogens is 246 g/mol. The van der Waals surface area contributed by atoms with Gasteiger partial charge in [0.1, 0.15) is 5.54 Å². The average molecular weight is 275 g/mol. The van der Waals surface area contributed by atoms with Crippen molar-refractivity contribution in [1.82, 2.24) is 5.32 Å². The number of aliphatic carboxylic acids is 1. The second-order valence-electron chi connectivity index (χ2n) is 5.61. The van der Waals surface area contributed by atoms with E-state index in [9.17, 15) is 9.90 Å². The van der Waals surface area contributed by atoms with Gasteiger partial charge in [-0.2, -0.15) is 11.8 Å². The third kappa shape index (κ3) is 6.64. The molecule has 0 heterocycles. The Morgan fingerprint density at radius 2 is 1.94 bits per heavy atom. The van der Waals surface area contributed by atoms with Crippen LogP contribution in [-0.4, -0.2) is 34.2 Å². The van der Waals surface area contributed by atoms with Gasteiger partial charge in [0.2, 0.25) is 0 Å². The van der Waals surface area contributed by atoms with Crippen LogP contribution in [0.1, 0.15) is 53.9 Å². The summed E-state index contributed by atoms with van der Waals surface area (Å²) < 4.78 is 0. The van der Waals surface area contributed by atoms with Crippen molar-refractivity contribution in [3.05, 3.63) is 0 Å². The minimum Gasteiger partial charge on any atom is -0.480 e. The Kier molecular flexibility index (Phi) is 8.70. The minimum atomic E-state index is -0.743. The van der Waals surface area contributed by atoms with Crippen molar-refractivity contribution in [3.63, 3.8) is 0 Å². The van der Waals surface area contributed by atoms with Crippen LogP contribution in [0.3, 0.4) is 0 Å². The SMILES string of the molecule is CCC(CCCSCC(C)C)(NC(C)C)C(=O)O. The molecule has 4 heteroatoms. The zero-order chi connectivity index (χ0) is 14.2. The van der Waals surface area contributed by atoms with Crippen LogP contribution in [0.25, 0.3) is 0 Å². The molecule has 0 aliphatic heterocycles. The molecule has 0 aliphatic carbocycles. The molecule has 0 spiro atoms. The van der Waals surface area contributed by atoms with Crippen molar-refractivity contribution >= 4 is 17.7 Å². The highest BCUT2D eigenvalue weighted by Gasteiger charge is 2.36. The molecule has 0 radical (unpaired) electrons. The maximum Gasteiger partial charge on any atom is 0.323 e. The molecular formula is C14H29NO2S. The van der Waals surface area contributed by atoms with E-state index in [1.54, 1.807) is 0 Å². The Balaban J connectivity index is 4.21. The van der Waals surface area contributed by atoms with E-state index < -0.39 is 11.5 Å². The highest BCUT2D eigenvalue weighted by molar-refractivity contribution is 7.99. The van der Waals surface area contributed by atoms with Crippen LogP contribution in [0.4, 0.5) is 0 Å². The van der Waals surface area contributed by atoms with Gasteiger partial charge in [0, 0.05) is 6.04 Å². The quantitative estimate of drug-likeness (QED) is 0.600. The lowest BCUT2D eigenvalue weighted by Gasteiger charge is -2.31. The first-order valence-electron chi connectivity index (χ1n) is 6.93. The molecule has 1 atom stereocenters. The Labute approximate surface area is 116 Å². The molecule has 18 heavy (non-hydrogen) atoms. The fourth-order valence-corrected chi connectivity index (χ4v) is 3.01. The fraction of sp³-hybridized carbons (Fsp3) is 0.929. The number of rotatable bonds is 10. The van der Waals surface area contributed by atoms with E-state index in [0.717, 1.165) is 17.9 Å². The van der Waals surface area contributed by atoms with E-state index in [1.807, 2.05) is 32.5 Å². The molecule has 2 N–H and O–H groups in total. The minimum absolute atomic E-state index is 0.198. The molecule has 0 saturated carbocycles. The van der Waals surface area contributed by atoms with Crippen LogP contribution >= 0.6 is 11.8 Å². The first kappa shape index (κ1) is 17.8. The maximum atomic E-state index is 11.5. The standard InChI is InChI=1S/C14H29NO2S/c1-6-14(13(16)17,15-12(4)5)8-7-9-18-10-11(2)3/h11-12,15H,6-10H2,1-5H3,(H,16,17). The van der Waals surface area contributed by atoms with Gasteiger partial charge in [-0.05, 0) is 50.5 Å². The second-order valence-corrected chi connectivity index (χ2v) is 6.76. The van der Waals surface area contributed by atoms with Crippen molar-refractivity contribution in [2.24, 2.45) is 5.92 Å². The third-order valence-corrected chi connectivity index (χ3v) is 4.40. The van der Waals surface area contributed by atoms with Crippen LogP contribution in [0.15, 0.2) is 0 Å². The highest BCUT2D eigenvalue weighted by atomic mass is 32.2. The summed E-state index contributed by atoms with van der Waals surface area (Å²) in [6.07, 6.45) is 2.30. The van der Waals surface area contributed by atoms with Gasteiger partial charge < -0.3 is 5.11 Å². The summed E-state index contributed by atoms with van der Waals surface area (Å²) >= 11 is 1.92. The highest BCUT2D eigenvalue weighted by Crippen LogP contribution is 2.21. The van der Waals surface area contributed by atoms with Crippen molar-refractivity contribution in [2.45, 2.75) is 65.5 Å². The topological polar surface area (TPSA) is 49.3 Å². The number of hydrogen-bond acceptors (Lipinski definition) is 3. The summed E-state index contributed by atoms with van der Waals surface area (Å²) in [7, 11) is 0. The van der Waals surface area contributed by atoms with E-state index >= 15 is 0 Å². The van der Waals surface area contributed by atoms with Crippen LogP contribution < -0.4 is 5.32 Å². The molecule has 108 valence electrons. The summed E-state index contributed by atoms with van der Waals surface area (Å²) in [6, 6.07) is 0.198. The molecule has 1 unspecified atom stereocenters. The largest absolute Gasteiger partial charge is 0.480 e. The lowest BCUT2D eigenvalue weighted by molar-refractivity contribution is -0.145. The maximum absolute atomic E-state index is 11.5. The smallest absolute Gasteiger partial charge is 0.323 e. The third-order valence-electron chi connectivity index (χ3n) is 2.92. The number of carbonyl (C=O) groups is 1. The lowest BCUT2D eigenvalue weighted by atomic mass is 9.90. The zero-order valence-corrected chi connectivity index (χ0v) is 13.3. The van der Waals surface area contributed by atoms with Gasteiger partial charge >= 0.3 is 5.97 Å². The summed E-state index contributed by atoms with van der Waals surface area (Å²) in [5.74, 6) is 2.20. The van der Waals surface area contributed by atoms with Gasteiger partial charge in [0.25, 0.3) is 0 Å². The zero-order valence-electron chi connectivity index (χ0n) is 12.5. The molecule has 0 saturated heterocycles. The van der Waals surface area contributed by atoms with Crippen LogP contribution in [0, 0.1) is 5.92 Å². The molecule has 0 aromatic carbocycles. The normalized spacial score (nSPS) is 15.1. The summed E-state index contributed by atoms with van der Waals surface area (Å²) in [5, 5.41) is 12.7. The summed E-state index contributed by atoms with van der Waals surface area (Å²) in [6.45, 7) is 10.4. The molecule has 0 amide bonds. The Bertz CT molecular complexity index is 244. The van der Waals surface area contributed by atoms with Crippen LogP contribution in [-0.2, 0) is 4.79 Å². The first-order valence-corrected chi connectivity index (χ1v) is 8.08. The molecule has 0 aliphatic rings. The van der Waals surface area contributed by atoms with E-state index in [1.165, 1.54) is 0 Å². The molecule has 3 nitrogen and oxygen atoms in total. The molecule has 0 bridgehead atoms. The Hall–Kier alpha value is -0.220. The number of nitrogens with one attached hydrogen (secondary N) is 1. The second kappa shape index (κ2) is 8.81. The van der Waals surface area contributed by atoms with Gasteiger partial charge in [-0.15, -0.1) is 0 Å². The number of carboxylic acid groups (broad SMARTS) is 1. The number of carboxylic acids is 1. The predicted octanol–water partition coefficient (Wildman–Crippen LogP) is 3.39. The van der Waals surface area contributed by atoms with Gasteiger partial charge in [0.15, 0.2) is 0 Å². The van der Waals surface area contributed by atoms with Gasteiger partial charge in [-0.1, -0.05) is 20.8 Å². The summed E-state index contributed by atoms with van der Waals surface area (Å²) in [4.78, 5) is 11.5. The van der Waals surface area contributed by atoms with Gasteiger partial charge in [0.05, 0.1) is 0 Å². The monoisotopic (exact) mass is 275 g/mol. The van der Waals surface area contributed by atoms with Crippen LogP contribution in [0.5, 0.6) is 0 Å². The molecule has 0 fully saturated rings. The number of thioether (sulfide) groups is 1. The Morgan fingerprint density at radius 3 is 2.33 bits per heavy atom. The van der Waals surface area contributed by atoms with Crippen molar-refractivity contribution < 1.29 is 9.90 Å². The summed E-state index contributed by atoms with van der Waals surface area (Å²) in [5.41, 5.74) is -0.743. The van der Waals surface area contributed by atoms with Gasteiger partial charge in [-0.3, -0.25) is 10.1 Å². The van der Waals surface area contributed by atoms with Crippen molar-refractivity contribution in [2.75, 3.05) is 11.5 Å². The fourth-order valence-electron chi connectivity index (χ4n) is 2.02. The number of hydrogen-bond donors (Lipinski definition) is 2. The Morgan fingerprint density at radius 1 is 1.33 bits per heavy atom. The van der Waals surface area contributed by atoms with E-state index in [0.29, 0.717) is 18.8 Å². The molecule has 0 rings (SSSR count). The lowest BCUT2D eigenvalue weighted by Crippen LogP contribution is -2.54. The van der Waals surface area contributed by atoms with E-state index in [-0.39, 0.29) is 6.04 Å². The molecule has 0 aromatic heterocycles.